The van der Waals surface area contributed by atoms with Crippen LogP contribution >= 0.6 is 11.8 Å². The van der Waals surface area contributed by atoms with Crippen LogP contribution in [-0.2, 0) is 0 Å². The van der Waals surface area contributed by atoms with Gasteiger partial charge in [0.05, 0.1) is 0 Å². The van der Waals surface area contributed by atoms with E-state index in [0.29, 0.717) is 5.03 Å². The van der Waals surface area contributed by atoms with Gasteiger partial charge in [-0.15, -0.1) is 0 Å². The molecule has 4 heteroatoms. The summed E-state index contributed by atoms with van der Waals surface area (Å²) in [6.07, 6.45) is 0. The van der Waals surface area contributed by atoms with Crippen LogP contribution in [0.5, 0.6) is 0 Å². The molecule has 0 aliphatic rings. The van der Waals surface area contributed by atoms with E-state index in [1.54, 1.807) is 6.07 Å². The maximum atomic E-state index is 10.9. The average Bonchev–Trinajstić information content (AvgIpc) is 2.47. The van der Waals surface area contributed by atoms with Crippen LogP contribution in [0.25, 0.3) is 10.8 Å². The maximum Gasteiger partial charge on any atom is 0.354 e. The number of hydrogen-bond acceptors (Lipinski definition) is 3. The maximum absolute atomic E-state index is 10.9. The zero-order valence-corrected chi connectivity index (χ0v) is 11.3. The topological polar surface area (TPSA) is 50.2 Å². The Bertz CT molecular complexity index is 786. The smallest absolute Gasteiger partial charge is 0.354 e. The van der Waals surface area contributed by atoms with Gasteiger partial charge in [0.2, 0.25) is 0 Å². The van der Waals surface area contributed by atoms with E-state index in [4.69, 9.17) is 5.11 Å². The Balaban J connectivity index is 1.92. The number of carboxylic acids is 1. The summed E-state index contributed by atoms with van der Waals surface area (Å²) in [6.45, 7) is 0. The Labute approximate surface area is 120 Å². The molecule has 0 bridgehead atoms. The lowest BCUT2D eigenvalue weighted by Crippen LogP contribution is -1.99. The molecule has 0 saturated carbocycles. The van der Waals surface area contributed by atoms with Crippen LogP contribution in [0.1, 0.15) is 10.5 Å². The minimum absolute atomic E-state index is 0.0655. The lowest BCUT2D eigenvalue weighted by molar-refractivity contribution is 0.0689. The molecule has 0 aliphatic carbocycles. The van der Waals surface area contributed by atoms with Gasteiger partial charge < -0.3 is 5.11 Å². The van der Waals surface area contributed by atoms with Crippen molar-refractivity contribution in [2.24, 2.45) is 0 Å². The highest BCUT2D eigenvalue weighted by Gasteiger charge is 2.06. The predicted molar refractivity (Wildman–Crippen MR) is 79.3 cm³/mol. The highest BCUT2D eigenvalue weighted by atomic mass is 32.2. The molecule has 1 N–H and O–H groups in total. The monoisotopic (exact) mass is 281 g/mol. The number of benzene rings is 2. The molecule has 3 aromatic rings. The molecule has 0 atom stereocenters. The molecule has 0 aliphatic heterocycles. The van der Waals surface area contributed by atoms with Crippen molar-refractivity contribution in [1.82, 2.24) is 4.98 Å². The SMILES string of the molecule is O=C(O)c1cccc(Sc2ccc3ccccc3c2)n1. The Morgan fingerprint density at radius 1 is 0.950 bits per heavy atom. The molecule has 0 spiro atoms. The molecule has 2 aromatic carbocycles. The number of carbonyl (C=O) groups is 1. The molecular formula is C16H11NO2S. The van der Waals surface area contributed by atoms with Gasteiger partial charge >= 0.3 is 5.97 Å². The molecule has 0 radical (unpaired) electrons. The third-order valence-corrected chi connectivity index (χ3v) is 3.81. The van der Waals surface area contributed by atoms with Crippen LogP contribution in [-0.4, -0.2) is 16.1 Å². The van der Waals surface area contributed by atoms with Crippen LogP contribution in [0.3, 0.4) is 0 Å². The van der Waals surface area contributed by atoms with Crippen molar-refractivity contribution < 1.29 is 9.90 Å². The Kier molecular flexibility index (Phi) is 3.39. The fourth-order valence-corrected chi connectivity index (χ4v) is 2.80. The number of nitrogens with zero attached hydrogens (tertiary/aromatic N) is 1. The van der Waals surface area contributed by atoms with E-state index in [-0.39, 0.29) is 5.69 Å². The second kappa shape index (κ2) is 5.35. The normalized spacial score (nSPS) is 10.6. The molecule has 20 heavy (non-hydrogen) atoms. The number of pyridine rings is 1. The zero-order valence-electron chi connectivity index (χ0n) is 10.5. The fourth-order valence-electron chi connectivity index (χ4n) is 1.94. The molecular weight excluding hydrogens is 270 g/mol. The van der Waals surface area contributed by atoms with Crippen molar-refractivity contribution in [3.05, 3.63) is 66.4 Å². The molecule has 1 aromatic heterocycles. The highest BCUT2D eigenvalue weighted by Crippen LogP contribution is 2.28. The van der Waals surface area contributed by atoms with Gasteiger partial charge in [-0.25, -0.2) is 9.78 Å². The first-order chi connectivity index (χ1) is 9.72. The van der Waals surface area contributed by atoms with Crippen molar-refractivity contribution in [2.75, 3.05) is 0 Å². The number of hydrogen-bond donors (Lipinski definition) is 1. The molecule has 0 saturated heterocycles. The van der Waals surface area contributed by atoms with Crippen LogP contribution < -0.4 is 0 Å². The third-order valence-electron chi connectivity index (χ3n) is 2.89. The van der Waals surface area contributed by atoms with Crippen LogP contribution in [0.4, 0.5) is 0 Å². The predicted octanol–water partition coefficient (Wildman–Crippen LogP) is 4.08. The number of fused-ring (bicyclic) bond motifs is 1. The van der Waals surface area contributed by atoms with Crippen LogP contribution in [0.2, 0.25) is 0 Å². The minimum atomic E-state index is -1.01. The summed E-state index contributed by atoms with van der Waals surface area (Å²) in [5.41, 5.74) is 0.0655. The van der Waals surface area contributed by atoms with E-state index < -0.39 is 5.97 Å². The van der Waals surface area contributed by atoms with E-state index in [9.17, 15) is 4.79 Å². The number of carboxylic acid groups (broad SMARTS) is 1. The first kappa shape index (κ1) is 12.7. The van der Waals surface area contributed by atoms with Crippen LogP contribution in [0, 0.1) is 0 Å². The molecule has 0 unspecified atom stereocenters. The van der Waals surface area contributed by atoms with Crippen LogP contribution in [0.15, 0.2) is 70.6 Å². The quantitative estimate of drug-likeness (QED) is 0.785. The van der Waals surface area contributed by atoms with E-state index in [2.05, 4.69) is 29.2 Å². The summed E-state index contributed by atoms with van der Waals surface area (Å²) in [4.78, 5) is 16.1. The van der Waals surface area contributed by atoms with Gasteiger partial charge in [0.15, 0.2) is 0 Å². The number of rotatable bonds is 3. The molecule has 3 rings (SSSR count). The lowest BCUT2D eigenvalue weighted by Gasteiger charge is -2.04. The van der Waals surface area contributed by atoms with Crippen molar-refractivity contribution in [1.29, 1.82) is 0 Å². The Morgan fingerprint density at radius 3 is 2.55 bits per heavy atom. The van der Waals surface area contributed by atoms with Gasteiger partial charge in [0.25, 0.3) is 0 Å². The summed E-state index contributed by atoms with van der Waals surface area (Å²) in [5, 5.41) is 12.0. The summed E-state index contributed by atoms with van der Waals surface area (Å²) < 4.78 is 0. The first-order valence-corrected chi connectivity index (χ1v) is 6.91. The number of aromatic nitrogens is 1. The molecule has 1 heterocycles. The van der Waals surface area contributed by atoms with Crippen molar-refractivity contribution in [3.63, 3.8) is 0 Å². The first-order valence-electron chi connectivity index (χ1n) is 6.09. The van der Waals surface area contributed by atoms with Crippen molar-refractivity contribution in [2.45, 2.75) is 9.92 Å². The summed E-state index contributed by atoms with van der Waals surface area (Å²) in [5.74, 6) is -1.01. The van der Waals surface area contributed by atoms with E-state index >= 15 is 0 Å². The second-order valence-corrected chi connectivity index (χ2v) is 5.37. The van der Waals surface area contributed by atoms with Gasteiger partial charge in [-0.2, -0.15) is 0 Å². The van der Waals surface area contributed by atoms with Gasteiger partial charge in [-0.3, -0.25) is 0 Å². The molecule has 98 valence electrons. The third kappa shape index (κ3) is 2.65. The summed E-state index contributed by atoms with van der Waals surface area (Å²) in [6, 6.07) is 19.3. The summed E-state index contributed by atoms with van der Waals surface area (Å²) >= 11 is 1.46. The Morgan fingerprint density at radius 2 is 1.75 bits per heavy atom. The minimum Gasteiger partial charge on any atom is -0.477 e. The fraction of sp³-hybridized carbons (Fsp3) is 0. The van der Waals surface area contributed by atoms with Gasteiger partial charge in [0, 0.05) is 4.90 Å². The summed E-state index contributed by atoms with van der Waals surface area (Å²) in [7, 11) is 0. The average molecular weight is 281 g/mol. The van der Waals surface area contributed by atoms with Crippen molar-refractivity contribution >= 4 is 28.5 Å². The van der Waals surface area contributed by atoms with E-state index in [0.717, 1.165) is 10.3 Å². The lowest BCUT2D eigenvalue weighted by atomic mass is 10.1. The van der Waals surface area contributed by atoms with Gasteiger partial charge in [-0.05, 0) is 35.0 Å². The zero-order chi connectivity index (χ0) is 13.9. The van der Waals surface area contributed by atoms with Gasteiger partial charge in [0.1, 0.15) is 10.7 Å². The molecule has 0 amide bonds. The molecule has 3 nitrogen and oxygen atoms in total. The van der Waals surface area contributed by atoms with Crippen molar-refractivity contribution in [3.8, 4) is 0 Å². The largest absolute Gasteiger partial charge is 0.477 e. The standard InChI is InChI=1S/C16H11NO2S/c18-16(19)14-6-3-7-15(17-14)20-13-9-8-11-4-1-2-5-12(11)10-13/h1-10H,(H,18,19). The number of aromatic carboxylic acids is 1. The Hall–Kier alpha value is -2.33. The van der Waals surface area contributed by atoms with Gasteiger partial charge in [-0.1, -0.05) is 48.2 Å². The molecule has 0 fully saturated rings. The second-order valence-electron chi connectivity index (χ2n) is 4.28. The van der Waals surface area contributed by atoms with E-state index in [1.807, 2.05) is 24.3 Å². The highest BCUT2D eigenvalue weighted by molar-refractivity contribution is 7.99. The van der Waals surface area contributed by atoms with E-state index in [1.165, 1.54) is 23.2 Å².